The summed E-state index contributed by atoms with van der Waals surface area (Å²) in [6.07, 6.45) is 0. The molecule has 1 unspecified atom stereocenters. The largest absolute Gasteiger partial charge is 0.340 e. The van der Waals surface area contributed by atoms with Crippen molar-refractivity contribution in [2.75, 3.05) is 0 Å². The molecule has 0 aliphatic heterocycles. The van der Waals surface area contributed by atoms with Crippen LogP contribution in [0.4, 0.5) is 0 Å². The fourth-order valence-electron chi connectivity index (χ4n) is 1.02. The molecule has 0 radical (unpaired) electrons. The molecule has 0 heterocycles. The van der Waals surface area contributed by atoms with Crippen molar-refractivity contribution in [2.45, 2.75) is 12.8 Å². The van der Waals surface area contributed by atoms with Crippen LogP contribution in [0.2, 0.25) is 0 Å². The molecule has 1 rings (SSSR count). The molecule has 0 fully saturated rings. The molecule has 1 aromatic carbocycles. The Hall–Kier alpha value is -0.880. The zero-order chi connectivity index (χ0) is 8.97. The lowest BCUT2D eigenvalue weighted by Gasteiger charge is -2.08. The van der Waals surface area contributed by atoms with Gasteiger partial charge in [-0.15, -0.1) is 0 Å². The SMILES string of the molecule is C[C@H](C(=O)NP)c1ccccc1. The van der Waals surface area contributed by atoms with Crippen LogP contribution in [0.25, 0.3) is 0 Å². The average Bonchev–Trinajstić information content (AvgIpc) is 2.17. The zero-order valence-corrected chi connectivity index (χ0v) is 8.10. The van der Waals surface area contributed by atoms with E-state index in [2.05, 4.69) is 14.5 Å². The second kappa shape index (κ2) is 4.22. The minimum absolute atomic E-state index is 0.0196. The van der Waals surface area contributed by atoms with Gasteiger partial charge in [0.2, 0.25) is 5.91 Å². The van der Waals surface area contributed by atoms with Crippen LogP contribution in [0, 0.1) is 0 Å². The maximum atomic E-state index is 11.2. The van der Waals surface area contributed by atoms with E-state index in [9.17, 15) is 4.79 Å². The fourth-order valence-corrected chi connectivity index (χ4v) is 1.27. The second-order valence-corrected chi connectivity index (χ2v) is 2.93. The first kappa shape index (κ1) is 9.21. The highest BCUT2D eigenvalue weighted by Gasteiger charge is 2.11. The number of carbonyl (C=O) groups excluding carboxylic acids is 1. The highest BCUT2D eigenvalue weighted by atomic mass is 31.0. The molecule has 64 valence electrons. The van der Waals surface area contributed by atoms with E-state index in [0.717, 1.165) is 5.56 Å². The molecule has 0 bridgehead atoms. The van der Waals surface area contributed by atoms with Crippen LogP contribution in [0.15, 0.2) is 30.3 Å². The maximum absolute atomic E-state index is 11.2. The molecular weight excluding hydrogens is 169 g/mol. The molecule has 0 aromatic heterocycles. The predicted molar refractivity (Wildman–Crippen MR) is 52.7 cm³/mol. The number of hydrogen-bond acceptors (Lipinski definition) is 1. The van der Waals surface area contributed by atoms with Gasteiger partial charge in [-0.25, -0.2) is 0 Å². The third-order valence-electron chi connectivity index (χ3n) is 1.84. The van der Waals surface area contributed by atoms with E-state index < -0.39 is 0 Å². The van der Waals surface area contributed by atoms with Crippen LogP contribution in [-0.4, -0.2) is 5.91 Å². The molecule has 1 amide bonds. The van der Waals surface area contributed by atoms with Gasteiger partial charge in [-0.1, -0.05) is 30.3 Å². The summed E-state index contributed by atoms with van der Waals surface area (Å²) < 4.78 is 0. The van der Waals surface area contributed by atoms with E-state index in [4.69, 9.17) is 0 Å². The summed E-state index contributed by atoms with van der Waals surface area (Å²) in [5.41, 5.74) is 1.04. The number of rotatable bonds is 2. The molecule has 0 spiro atoms. The van der Waals surface area contributed by atoms with Crippen molar-refractivity contribution in [1.82, 2.24) is 5.09 Å². The quantitative estimate of drug-likeness (QED) is 0.691. The van der Waals surface area contributed by atoms with E-state index in [1.165, 1.54) is 0 Å². The topological polar surface area (TPSA) is 29.1 Å². The summed E-state index contributed by atoms with van der Waals surface area (Å²) in [4.78, 5) is 11.2. The van der Waals surface area contributed by atoms with Gasteiger partial charge in [0.25, 0.3) is 0 Å². The number of carbonyl (C=O) groups is 1. The Labute approximate surface area is 74.6 Å². The summed E-state index contributed by atoms with van der Waals surface area (Å²) in [7, 11) is 2.21. The Morgan fingerprint density at radius 3 is 2.50 bits per heavy atom. The van der Waals surface area contributed by atoms with E-state index in [1.807, 2.05) is 37.3 Å². The average molecular weight is 181 g/mol. The smallest absolute Gasteiger partial charge is 0.230 e. The normalized spacial score (nSPS) is 12.2. The van der Waals surface area contributed by atoms with Gasteiger partial charge in [0, 0.05) is 0 Å². The number of amides is 1. The van der Waals surface area contributed by atoms with Crippen molar-refractivity contribution in [3.8, 4) is 0 Å². The highest BCUT2D eigenvalue weighted by Crippen LogP contribution is 2.14. The van der Waals surface area contributed by atoms with Crippen LogP contribution < -0.4 is 5.09 Å². The monoisotopic (exact) mass is 181 g/mol. The first-order chi connectivity index (χ1) is 5.75. The predicted octanol–water partition coefficient (Wildman–Crippen LogP) is 1.70. The van der Waals surface area contributed by atoms with E-state index in [0.29, 0.717) is 0 Å². The minimum atomic E-state index is -0.0799. The molecule has 0 saturated heterocycles. The Morgan fingerprint density at radius 1 is 1.42 bits per heavy atom. The van der Waals surface area contributed by atoms with Gasteiger partial charge < -0.3 is 5.09 Å². The summed E-state index contributed by atoms with van der Waals surface area (Å²) in [6.45, 7) is 1.88. The van der Waals surface area contributed by atoms with Gasteiger partial charge in [0.05, 0.1) is 5.92 Å². The summed E-state index contributed by atoms with van der Waals surface area (Å²) in [5, 5.41) is 2.54. The Bertz CT molecular complexity index is 260. The first-order valence-electron chi connectivity index (χ1n) is 3.81. The third kappa shape index (κ3) is 2.05. The first-order valence-corrected chi connectivity index (χ1v) is 4.39. The minimum Gasteiger partial charge on any atom is -0.340 e. The molecule has 12 heavy (non-hydrogen) atoms. The standard InChI is InChI=1S/C9H12NOP/c1-7(9(11)10-12)8-5-3-2-4-6-8/h2-7H,12H2,1H3,(H,10,11)/t7-/m0/s1. The second-order valence-electron chi connectivity index (χ2n) is 2.64. The molecule has 0 aliphatic carbocycles. The van der Waals surface area contributed by atoms with Crippen LogP contribution >= 0.6 is 9.39 Å². The van der Waals surface area contributed by atoms with Gasteiger partial charge in [-0.2, -0.15) is 0 Å². The van der Waals surface area contributed by atoms with Gasteiger partial charge in [0.1, 0.15) is 0 Å². The van der Waals surface area contributed by atoms with Gasteiger partial charge in [-0.3, -0.25) is 4.79 Å². The zero-order valence-electron chi connectivity index (χ0n) is 6.95. The molecule has 0 saturated carbocycles. The van der Waals surface area contributed by atoms with E-state index in [-0.39, 0.29) is 11.8 Å². The Balaban J connectivity index is 2.78. The molecular formula is C9H12NOP. The van der Waals surface area contributed by atoms with Crippen LogP contribution in [0.3, 0.4) is 0 Å². The molecule has 3 heteroatoms. The van der Waals surface area contributed by atoms with Crippen molar-refractivity contribution in [1.29, 1.82) is 0 Å². The van der Waals surface area contributed by atoms with Gasteiger partial charge >= 0.3 is 0 Å². The van der Waals surface area contributed by atoms with Crippen molar-refractivity contribution in [3.05, 3.63) is 35.9 Å². The van der Waals surface area contributed by atoms with Crippen LogP contribution in [0.1, 0.15) is 18.4 Å². The molecule has 2 atom stereocenters. The van der Waals surface area contributed by atoms with Gasteiger partial charge in [0.15, 0.2) is 0 Å². The maximum Gasteiger partial charge on any atom is 0.230 e. The molecule has 0 aliphatic rings. The van der Waals surface area contributed by atoms with Crippen molar-refractivity contribution in [2.24, 2.45) is 0 Å². The molecule has 2 nitrogen and oxygen atoms in total. The van der Waals surface area contributed by atoms with Crippen molar-refractivity contribution >= 4 is 15.3 Å². The lowest BCUT2D eigenvalue weighted by atomic mass is 10.0. The summed E-state index contributed by atoms with van der Waals surface area (Å²) in [5.74, 6) is -0.0603. The molecule has 1 aromatic rings. The summed E-state index contributed by atoms with van der Waals surface area (Å²) in [6, 6.07) is 9.70. The number of nitrogens with one attached hydrogen (secondary N) is 1. The third-order valence-corrected chi connectivity index (χ3v) is 2.12. The van der Waals surface area contributed by atoms with Crippen LogP contribution in [-0.2, 0) is 4.79 Å². The lowest BCUT2D eigenvalue weighted by Crippen LogP contribution is -2.18. The van der Waals surface area contributed by atoms with E-state index in [1.54, 1.807) is 0 Å². The van der Waals surface area contributed by atoms with E-state index >= 15 is 0 Å². The number of hydrogen-bond donors (Lipinski definition) is 1. The summed E-state index contributed by atoms with van der Waals surface area (Å²) >= 11 is 0. The fraction of sp³-hybridized carbons (Fsp3) is 0.222. The van der Waals surface area contributed by atoms with Crippen molar-refractivity contribution in [3.63, 3.8) is 0 Å². The molecule has 1 N–H and O–H groups in total. The van der Waals surface area contributed by atoms with Crippen molar-refractivity contribution < 1.29 is 4.79 Å². The Morgan fingerprint density at radius 2 is 2.00 bits per heavy atom. The highest BCUT2D eigenvalue weighted by molar-refractivity contribution is 7.15. The van der Waals surface area contributed by atoms with Crippen LogP contribution in [0.5, 0.6) is 0 Å². The lowest BCUT2D eigenvalue weighted by molar-refractivity contribution is -0.120. The number of benzene rings is 1. The van der Waals surface area contributed by atoms with Gasteiger partial charge in [-0.05, 0) is 21.9 Å². The Kier molecular flexibility index (Phi) is 3.24.